The van der Waals surface area contributed by atoms with Gasteiger partial charge >= 0.3 is 0 Å². The van der Waals surface area contributed by atoms with E-state index >= 15 is 0 Å². The summed E-state index contributed by atoms with van der Waals surface area (Å²) in [4.78, 5) is 16.5. The van der Waals surface area contributed by atoms with Crippen molar-refractivity contribution in [2.75, 3.05) is 20.8 Å². The van der Waals surface area contributed by atoms with Gasteiger partial charge in [0.05, 0.1) is 5.69 Å². The highest BCUT2D eigenvalue weighted by Crippen LogP contribution is 2.16. The van der Waals surface area contributed by atoms with Crippen LogP contribution in [0.15, 0.2) is 47.3 Å². The molecule has 138 valence electrons. The topological polar surface area (TPSA) is 77.7 Å². The standard InChI is InChI=1S/C19H24N4O3/c1-13-6-7-16(12-15(13)3)23-10-8-17(21-23)26-11-9-14(2)18(22-25-5)19(24)20-4/h6-10,12H,11H2,1-5H3,(H,20,24)/b14-9+,22-18+. The van der Waals surface area contributed by atoms with Crippen LogP contribution in [0.1, 0.15) is 18.1 Å². The summed E-state index contributed by atoms with van der Waals surface area (Å²) in [6.07, 6.45) is 3.60. The lowest BCUT2D eigenvalue weighted by Crippen LogP contribution is -2.28. The van der Waals surface area contributed by atoms with Gasteiger partial charge in [0.1, 0.15) is 13.7 Å². The lowest BCUT2D eigenvalue weighted by molar-refractivity contribution is -0.114. The second-order valence-corrected chi connectivity index (χ2v) is 5.77. The summed E-state index contributed by atoms with van der Waals surface area (Å²) < 4.78 is 7.40. The van der Waals surface area contributed by atoms with Crippen LogP contribution in [0.25, 0.3) is 5.69 Å². The van der Waals surface area contributed by atoms with Crippen molar-refractivity contribution >= 4 is 11.6 Å². The SMILES string of the molecule is CNC(=O)C(=N/OC)/C(C)=C/COc1ccn(-c2ccc(C)c(C)c2)n1. The predicted molar refractivity (Wildman–Crippen MR) is 101 cm³/mol. The van der Waals surface area contributed by atoms with Crippen LogP contribution in [0.4, 0.5) is 0 Å². The van der Waals surface area contributed by atoms with Gasteiger partial charge in [0.25, 0.3) is 5.91 Å². The molecule has 0 saturated carbocycles. The largest absolute Gasteiger partial charge is 0.472 e. The zero-order valence-corrected chi connectivity index (χ0v) is 15.7. The number of nitrogens with one attached hydrogen (secondary N) is 1. The summed E-state index contributed by atoms with van der Waals surface area (Å²) in [6, 6.07) is 7.95. The fraction of sp³-hybridized carbons (Fsp3) is 0.316. The number of ether oxygens (including phenoxy) is 1. The van der Waals surface area contributed by atoms with Gasteiger partial charge < -0.3 is 14.9 Å². The first-order chi connectivity index (χ1) is 12.5. The van der Waals surface area contributed by atoms with Crippen molar-refractivity contribution in [2.24, 2.45) is 5.16 Å². The van der Waals surface area contributed by atoms with Crippen molar-refractivity contribution in [3.63, 3.8) is 0 Å². The highest BCUT2D eigenvalue weighted by Gasteiger charge is 2.12. The van der Waals surface area contributed by atoms with E-state index in [-0.39, 0.29) is 18.2 Å². The normalized spacial score (nSPS) is 12.0. The molecule has 2 rings (SSSR count). The number of nitrogens with zero attached hydrogens (tertiary/aromatic N) is 3. The van der Waals surface area contributed by atoms with E-state index in [0.717, 1.165) is 5.69 Å². The van der Waals surface area contributed by atoms with Crippen molar-refractivity contribution in [3.8, 4) is 11.6 Å². The van der Waals surface area contributed by atoms with Gasteiger partial charge in [-0.05, 0) is 55.7 Å². The molecule has 1 aromatic heterocycles. The second kappa shape index (κ2) is 8.84. The molecular weight excluding hydrogens is 332 g/mol. The maximum atomic E-state index is 11.8. The first-order valence-electron chi connectivity index (χ1n) is 8.22. The van der Waals surface area contributed by atoms with Crippen molar-refractivity contribution in [1.82, 2.24) is 15.1 Å². The van der Waals surface area contributed by atoms with Crippen LogP contribution in [0.2, 0.25) is 0 Å². The molecule has 0 atom stereocenters. The Morgan fingerprint density at radius 2 is 2.08 bits per heavy atom. The highest BCUT2D eigenvalue weighted by molar-refractivity contribution is 6.44. The Labute approximate surface area is 153 Å². The monoisotopic (exact) mass is 356 g/mol. The number of carbonyl (C=O) groups is 1. The van der Waals surface area contributed by atoms with Gasteiger partial charge in [-0.1, -0.05) is 11.2 Å². The number of amides is 1. The molecule has 26 heavy (non-hydrogen) atoms. The number of aryl methyl sites for hydroxylation is 2. The fourth-order valence-corrected chi connectivity index (χ4v) is 2.25. The molecule has 1 heterocycles. The Morgan fingerprint density at radius 1 is 1.31 bits per heavy atom. The minimum atomic E-state index is -0.320. The van der Waals surface area contributed by atoms with Crippen molar-refractivity contribution < 1.29 is 14.4 Å². The number of aromatic nitrogens is 2. The number of rotatable bonds is 7. The summed E-state index contributed by atoms with van der Waals surface area (Å²) in [7, 11) is 2.93. The van der Waals surface area contributed by atoms with Crippen LogP contribution >= 0.6 is 0 Å². The van der Waals surface area contributed by atoms with Gasteiger partial charge in [0.2, 0.25) is 5.88 Å². The van der Waals surface area contributed by atoms with Gasteiger partial charge in [0.15, 0.2) is 5.71 Å². The average Bonchev–Trinajstić information content (AvgIpc) is 3.10. The van der Waals surface area contributed by atoms with E-state index in [9.17, 15) is 4.79 Å². The van der Waals surface area contributed by atoms with Gasteiger partial charge in [0, 0.05) is 19.3 Å². The molecule has 2 aromatic rings. The number of carbonyl (C=O) groups excluding carboxylic acids is 1. The molecule has 0 aliphatic rings. The van der Waals surface area contributed by atoms with Gasteiger partial charge in [-0.3, -0.25) is 4.79 Å². The minimum Gasteiger partial charge on any atom is -0.472 e. The molecule has 7 nitrogen and oxygen atoms in total. The third kappa shape index (κ3) is 4.72. The van der Waals surface area contributed by atoms with Crippen LogP contribution in [-0.2, 0) is 9.63 Å². The van der Waals surface area contributed by atoms with Gasteiger partial charge in [-0.25, -0.2) is 4.68 Å². The van der Waals surface area contributed by atoms with Crippen LogP contribution in [0.5, 0.6) is 5.88 Å². The lowest BCUT2D eigenvalue weighted by Gasteiger charge is -2.06. The summed E-state index contributed by atoms with van der Waals surface area (Å²) >= 11 is 0. The van der Waals surface area contributed by atoms with E-state index < -0.39 is 0 Å². The molecule has 7 heteroatoms. The second-order valence-electron chi connectivity index (χ2n) is 5.77. The molecule has 0 radical (unpaired) electrons. The molecule has 1 aromatic carbocycles. The number of benzene rings is 1. The van der Waals surface area contributed by atoms with Crippen LogP contribution < -0.4 is 10.1 Å². The Kier molecular flexibility index (Phi) is 6.54. The smallest absolute Gasteiger partial charge is 0.273 e. The van der Waals surface area contributed by atoms with Gasteiger partial charge in [-0.2, -0.15) is 0 Å². The third-order valence-corrected chi connectivity index (χ3v) is 3.94. The van der Waals surface area contributed by atoms with E-state index in [0.29, 0.717) is 11.5 Å². The molecule has 0 fully saturated rings. The Hall–Kier alpha value is -3.09. The van der Waals surface area contributed by atoms with Crippen molar-refractivity contribution in [2.45, 2.75) is 20.8 Å². The maximum absolute atomic E-state index is 11.8. The zero-order valence-electron chi connectivity index (χ0n) is 15.7. The van der Waals surface area contributed by atoms with E-state index in [2.05, 4.69) is 41.6 Å². The Bertz CT molecular complexity index is 837. The Morgan fingerprint density at radius 3 is 2.73 bits per heavy atom. The first-order valence-corrected chi connectivity index (χ1v) is 8.22. The van der Waals surface area contributed by atoms with E-state index in [1.807, 2.05) is 12.3 Å². The minimum absolute atomic E-state index is 0.208. The van der Waals surface area contributed by atoms with E-state index in [4.69, 9.17) is 9.57 Å². The Balaban J connectivity index is 2.04. The number of hydrogen-bond acceptors (Lipinski definition) is 5. The molecule has 0 aliphatic heterocycles. The average molecular weight is 356 g/mol. The summed E-state index contributed by atoms with van der Waals surface area (Å²) in [5.74, 6) is 0.178. The summed E-state index contributed by atoms with van der Waals surface area (Å²) in [5, 5.41) is 10.7. The summed E-state index contributed by atoms with van der Waals surface area (Å²) in [6.45, 7) is 6.17. The van der Waals surface area contributed by atoms with Crippen LogP contribution in [-0.4, -0.2) is 42.2 Å². The van der Waals surface area contributed by atoms with Gasteiger partial charge in [-0.15, -0.1) is 5.10 Å². The lowest BCUT2D eigenvalue weighted by atomic mass is 10.1. The number of hydrogen-bond donors (Lipinski definition) is 1. The van der Waals surface area contributed by atoms with Crippen molar-refractivity contribution in [3.05, 3.63) is 53.2 Å². The summed E-state index contributed by atoms with van der Waals surface area (Å²) in [5.41, 5.74) is 4.28. The molecule has 0 spiro atoms. The van der Waals surface area contributed by atoms with Crippen LogP contribution in [0.3, 0.4) is 0 Å². The maximum Gasteiger partial charge on any atom is 0.273 e. The van der Waals surface area contributed by atoms with E-state index in [1.165, 1.54) is 25.3 Å². The first kappa shape index (κ1) is 19.2. The molecule has 1 amide bonds. The fourth-order valence-electron chi connectivity index (χ4n) is 2.25. The van der Waals surface area contributed by atoms with Crippen LogP contribution in [0, 0.1) is 13.8 Å². The number of oxime groups is 1. The van der Waals surface area contributed by atoms with Crippen molar-refractivity contribution in [1.29, 1.82) is 0 Å². The highest BCUT2D eigenvalue weighted by atomic mass is 16.6. The third-order valence-electron chi connectivity index (χ3n) is 3.94. The quantitative estimate of drug-likeness (QED) is 0.611. The molecule has 0 unspecified atom stereocenters. The predicted octanol–water partition coefficient (Wildman–Crippen LogP) is 2.56. The zero-order chi connectivity index (χ0) is 19.1. The molecular formula is C19H24N4O3. The molecule has 0 aliphatic carbocycles. The molecule has 1 N–H and O–H groups in total. The molecule has 0 saturated heterocycles. The molecule has 0 bridgehead atoms. The van der Waals surface area contributed by atoms with E-state index in [1.54, 1.807) is 23.7 Å².